The molecular weight excluding hydrogens is 222 g/mol. The molecule has 2 nitrogen and oxygen atoms in total. The fourth-order valence-electron chi connectivity index (χ4n) is 2.71. The molecule has 1 N–H and O–H groups in total. The van der Waals surface area contributed by atoms with Gasteiger partial charge >= 0.3 is 0 Å². The summed E-state index contributed by atoms with van der Waals surface area (Å²) in [6.07, 6.45) is 9.66. The van der Waals surface area contributed by atoms with Crippen LogP contribution >= 0.6 is 0 Å². The van der Waals surface area contributed by atoms with Crippen LogP contribution < -0.4 is 5.32 Å². The van der Waals surface area contributed by atoms with E-state index in [-0.39, 0.29) is 0 Å². The maximum absolute atomic E-state index is 5.99. The van der Waals surface area contributed by atoms with E-state index in [4.69, 9.17) is 4.74 Å². The van der Waals surface area contributed by atoms with Crippen LogP contribution in [-0.4, -0.2) is 25.8 Å². The van der Waals surface area contributed by atoms with Gasteiger partial charge < -0.3 is 10.1 Å². The third-order valence-electron chi connectivity index (χ3n) is 4.09. The number of hydrogen-bond donors (Lipinski definition) is 1. The molecule has 0 spiro atoms. The van der Waals surface area contributed by atoms with Gasteiger partial charge in [0.2, 0.25) is 0 Å². The second kappa shape index (κ2) is 9.80. The van der Waals surface area contributed by atoms with Crippen LogP contribution in [0.25, 0.3) is 0 Å². The summed E-state index contributed by atoms with van der Waals surface area (Å²) in [5.74, 6) is 1.48. The first-order valence-corrected chi connectivity index (χ1v) is 8.05. The standard InChI is InChI=1S/C16H33NO/c1-4-11-17-16(14(2)3)13-18-12-15-9-7-5-6-8-10-15/h14-17H,4-13H2,1-3H3. The predicted octanol–water partition coefficient (Wildman–Crippen LogP) is 4.00. The molecule has 0 aliphatic heterocycles. The molecule has 1 aliphatic rings. The van der Waals surface area contributed by atoms with Crippen LogP contribution in [0.5, 0.6) is 0 Å². The summed E-state index contributed by atoms with van der Waals surface area (Å²) >= 11 is 0. The van der Waals surface area contributed by atoms with Gasteiger partial charge in [-0.3, -0.25) is 0 Å². The molecule has 18 heavy (non-hydrogen) atoms. The van der Waals surface area contributed by atoms with Gasteiger partial charge in [-0.2, -0.15) is 0 Å². The van der Waals surface area contributed by atoms with Crippen LogP contribution in [0.3, 0.4) is 0 Å². The molecule has 1 rings (SSSR count). The van der Waals surface area contributed by atoms with Crippen LogP contribution in [0, 0.1) is 11.8 Å². The Morgan fingerprint density at radius 1 is 1.11 bits per heavy atom. The number of hydrogen-bond acceptors (Lipinski definition) is 2. The molecule has 1 aliphatic carbocycles. The summed E-state index contributed by atoms with van der Waals surface area (Å²) in [4.78, 5) is 0. The zero-order chi connectivity index (χ0) is 13.2. The van der Waals surface area contributed by atoms with Crippen molar-refractivity contribution in [2.45, 2.75) is 71.8 Å². The third kappa shape index (κ3) is 6.75. The maximum Gasteiger partial charge on any atom is 0.0622 e. The molecule has 0 aromatic heterocycles. The van der Waals surface area contributed by atoms with Crippen molar-refractivity contribution in [3.63, 3.8) is 0 Å². The van der Waals surface area contributed by atoms with E-state index in [0.717, 1.165) is 25.7 Å². The minimum atomic E-state index is 0.524. The minimum Gasteiger partial charge on any atom is -0.380 e. The van der Waals surface area contributed by atoms with Gasteiger partial charge in [-0.25, -0.2) is 0 Å². The molecule has 2 heteroatoms. The number of rotatable bonds is 8. The fraction of sp³-hybridized carbons (Fsp3) is 1.00. The second-order valence-corrected chi connectivity index (χ2v) is 6.20. The first kappa shape index (κ1) is 16.0. The molecule has 0 heterocycles. The highest BCUT2D eigenvalue weighted by atomic mass is 16.5. The van der Waals surface area contributed by atoms with Crippen molar-refractivity contribution in [1.29, 1.82) is 0 Å². The van der Waals surface area contributed by atoms with E-state index in [2.05, 4.69) is 26.1 Å². The lowest BCUT2D eigenvalue weighted by molar-refractivity contribution is 0.0670. The fourth-order valence-corrected chi connectivity index (χ4v) is 2.71. The van der Waals surface area contributed by atoms with E-state index < -0.39 is 0 Å². The quantitative estimate of drug-likeness (QED) is 0.662. The summed E-state index contributed by atoms with van der Waals surface area (Å²) in [6.45, 7) is 9.75. The Hall–Kier alpha value is -0.0800. The molecule has 0 radical (unpaired) electrons. The van der Waals surface area contributed by atoms with E-state index >= 15 is 0 Å². The Morgan fingerprint density at radius 2 is 1.78 bits per heavy atom. The summed E-state index contributed by atoms with van der Waals surface area (Å²) in [6, 6.07) is 0.524. The molecule has 0 saturated heterocycles. The lowest BCUT2D eigenvalue weighted by Gasteiger charge is -2.23. The van der Waals surface area contributed by atoms with Gasteiger partial charge in [0, 0.05) is 12.6 Å². The third-order valence-corrected chi connectivity index (χ3v) is 4.09. The highest BCUT2D eigenvalue weighted by Crippen LogP contribution is 2.23. The molecule has 0 aromatic rings. The Balaban J connectivity index is 2.16. The van der Waals surface area contributed by atoms with Gasteiger partial charge in [-0.15, -0.1) is 0 Å². The van der Waals surface area contributed by atoms with Crippen molar-refractivity contribution in [1.82, 2.24) is 5.32 Å². The minimum absolute atomic E-state index is 0.524. The Morgan fingerprint density at radius 3 is 2.33 bits per heavy atom. The average molecular weight is 255 g/mol. The molecule has 0 aromatic carbocycles. The second-order valence-electron chi connectivity index (χ2n) is 6.20. The highest BCUT2D eigenvalue weighted by Gasteiger charge is 2.15. The van der Waals surface area contributed by atoms with Gasteiger partial charge in [0.1, 0.15) is 0 Å². The van der Waals surface area contributed by atoms with Crippen LogP contribution in [0.4, 0.5) is 0 Å². The first-order chi connectivity index (χ1) is 8.74. The normalized spacial score (nSPS) is 20.0. The number of ether oxygens (including phenoxy) is 1. The van der Waals surface area contributed by atoms with Gasteiger partial charge in [-0.05, 0) is 37.6 Å². The van der Waals surface area contributed by atoms with E-state index in [1.165, 1.54) is 44.9 Å². The molecule has 1 saturated carbocycles. The summed E-state index contributed by atoms with van der Waals surface area (Å²) in [5, 5.41) is 3.59. The lowest BCUT2D eigenvalue weighted by atomic mass is 10.0. The topological polar surface area (TPSA) is 21.3 Å². The molecule has 108 valence electrons. The number of nitrogens with one attached hydrogen (secondary N) is 1. The van der Waals surface area contributed by atoms with Gasteiger partial charge in [-0.1, -0.05) is 46.5 Å². The van der Waals surface area contributed by atoms with Gasteiger partial charge in [0.25, 0.3) is 0 Å². The van der Waals surface area contributed by atoms with E-state index in [1.54, 1.807) is 0 Å². The summed E-state index contributed by atoms with van der Waals surface area (Å²) < 4.78 is 5.99. The molecule has 1 atom stereocenters. The highest BCUT2D eigenvalue weighted by molar-refractivity contribution is 4.70. The van der Waals surface area contributed by atoms with Gasteiger partial charge in [0.05, 0.1) is 6.61 Å². The lowest BCUT2D eigenvalue weighted by Crippen LogP contribution is -2.38. The zero-order valence-corrected chi connectivity index (χ0v) is 12.7. The van der Waals surface area contributed by atoms with Crippen LogP contribution in [0.2, 0.25) is 0 Å². The molecule has 0 bridgehead atoms. The van der Waals surface area contributed by atoms with Crippen LogP contribution in [0.15, 0.2) is 0 Å². The van der Waals surface area contributed by atoms with Crippen molar-refractivity contribution in [3.05, 3.63) is 0 Å². The van der Waals surface area contributed by atoms with Crippen molar-refractivity contribution in [3.8, 4) is 0 Å². The summed E-state index contributed by atoms with van der Waals surface area (Å²) in [7, 11) is 0. The van der Waals surface area contributed by atoms with Crippen molar-refractivity contribution >= 4 is 0 Å². The Labute approximate surface area is 114 Å². The van der Waals surface area contributed by atoms with Crippen molar-refractivity contribution < 1.29 is 4.74 Å². The van der Waals surface area contributed by atoms with E-state index in [0.29, 0.717) is 12.0 Å². The Kier molecular flexibility index (Phi) is 8.70. The monoisotopic (exact) mass is 255 g/mol. The molecular formula is C16H33NO. The zero-order valence-electron chi connectivity index (χ0n) is 12.7. The summed E-state index contributed by atoms with van der Waals surface area (Å²) in [5.41, 5.74) is 0. The van der Waals surface area contributed by atoms with Crippen molar-refractivity contribution in [2.24, 2.45) is 11.8 Å². The largest absolute Gasteiger partial charge is 0.380 e. The molecule has 1 fully saturated rings. The Bertz CT molecular complexity index is 186. The van der Waals surface area contributed by atoms with Crippen LogP contribution in [0.1, 0.15) is 65.7 Å². The maximum atomic E-state index is 5.99. The molecule has 0 amide bonds. The average Bonchev–Trinajstić information content (AvgIpc) is 2.61. The molecule has 1 unspecified atom stereocenters. The SMILES string of the molecule is CCCNC(COCC1CCCCCC1)C(C)C. The van der Waals surface area contributed by atoms with Gasteiger partial charge in [0.15, 0.2) is 0 Å². The van der Waals surface area contributed by atoms with E-state index in [9.17, 15) is 0 Å². The predicted molar refractivity (Wildman–Crippen MR) is 78.9 cm³/mol. The van der Waals surface area contributed by atoms with E-state index in [1.807, 2.05) is 0 Å². The smallest absolute Gasteiger partial charge is 0.0622 e. The van der Waals surface area contributed by atoms with Crippen molar-refractivity contribution in [2.75, 3.05) is 19.8 Å². The first-order valence-electron chi connectivity index (χ1n) is 8.05. The van der Waals surface area contributed by atoms with Crippen LogP contribution in [-0.2, 0) is 4.74 Å².